The molecule has 0 bridgehead atoms. The first-order valence-electron chi connectivity index (χ1n) is 5.88. The van der Waals surface area contributed by atoms with Crippen LogP contribution in [0.3, 0.4) is 0 Å². The quantitative estimate of drug-likeness (QED) is 0.531. The molecule has 1 N–H and O–H groups in total. The fourth-order valence-electron chi connectivity index (χ4n) is 1.64. The zero-order valence-corrected chi connectivity index (χ0v) is 14.3. The SMILES string of the molecule is CCCNC(C=C(C)C)c1cc(I)ccc1Br. The van der Waals surface area contributed by atoms with Crippen LogP contribution in [-0.4, -0.2) is 6.54 Å². The van der Waals surface area contributed by atoms with E-state index in [1.54, 1.807) is 0 Å². The molecule has 1 unspecified atom stereocenters. The van der Waals surface area contributed by atoms with Crippen molar-refractivity contribution in [3.05, 3.63) is 43.5 Å². The predicted octanol–water partition coefficient (Wildman–Crippen LogP) is 5.06. The molecule has 0 spiro atoms. The van der Waals surface area contributed by atoms with Crippen LogP contribution in [0, 0.1) is 3.57 Å². The highest BCUT2D eigenvalue weighted by molar-refractivity contribution is 14.1. The van der Waals surface area contributed by atoms with E-state index in [-0.39, 0.29) is 0 Å². The molecule has 1 aromatic carbocycles. The average Bonchev–Trinajstić information content (AvgIpc) is 2.27. The van der Waals surface area contributed by atoms with Gasteiger partial charge in [-0.1, -0.05) is 34.5 Å². The molecule has 1 atom stereocenters. The summed E-state index contributed by atoms with van der Waals surface area (Å²) in [5.41, 5.74) is 2.65. The van der Waals surface area contributed by atoms with Gasteiger partial charge < -0.3 is 5.32 Å². The van der Waals surface area contributed by atoms with E-state index in [0.29, 0.717) is 6.04 Å². The van der Waals surface area contributed by atoms with Gasteiger partial charge in [-0.15, -0.1) is 0 Å². The Morgan fingerprint density at radius 2 is 2.18 bits per heavy atom. The van der Waals surface area contributed by atoms with Crippen molar-refractivity contribution in [2.45, 2.75) is 33.2 Å². The third-order valence-electron chi connectivity index (χ3n) is 2.41. The molecule has 17 heavy (non-hydrogen) atoms. The number of benzene rings is 1. The lowest BCUT2D eigenvalue weighted by atomic mass is 10.0. The molecule has 0 amide bonds. The molecular formula is C14H19BrIN. The molecule has 0 aliphatic rings. The van der Waals surface area contributed by atoms with E-state index in [2.05, 4.69) is 88.9 Å². The van der Waals surface area contributed by atoms with Crippen molar-refractivity contribution < 1.29 is 0 Å². The number of halogens is 2. The Morgan fingerprint density at radius 1 is 1.47 bits per heavy atom. The second-order valence-corrected chi connectivity index (χ2v) is 6.44. The first kappa shape index (κ1) is 15.2. The van der Waals surface area contributed by atoms with Crippen LogP contribution in [0.2, 0.25) is 0 Å². The Kier molecular flexibility index (Phi) is 6.74. The maximum atomic E-state index is 3.64. The normalized spacial score (nSPS) is 12.3. The molecule has 0 saturated carbocycles. The third-order valence-corrected chi connectivity index (χ3v) is 3.80. The highest BCUT2D eigenvalue weighted by Gasteiger charge is 2.11. The molecule has 94 valence electrons. The summed E-state index contributed by atoms with van der Waals surface area (Å²) < 4.78 is 2.44. The Hall–Kier alpha value is 0.130. The van der Waals surface area contributed by atoms with Crippen molar-refractivity contribution >= 4 is 38.5 Å². The van der Waals surface area contributed by atoms with Gasteiger partial charge in [0.25, 0.3) is 0 Å². The fraction of sp³-hybridized carbons (Fsp3) is 0.429. The molecule has 0 aromatic heterocycles. The first-order chi connectivity index (χ1) is 8.04. The molecule has 1 rings (SSSR count). The summed E-state index contributed by atoms with van der Waals surface area (Å²) in [5, 5.41) is 3.58. The minimum atomic E-state index is 0.295. The molecule has 0 saturated heterocycles. The summed E-state index contributed by atoms with van der Waals surface area (Å²) in [7, 11) is 0. The fourth-order valence-corrected chi connectivity index (χ4v) is 2.65. The van der Waals surface area contributed by atoms with Gasteiger partial charge in [0.15, 0.2) is 0 Å². The van der Waals surface area contributed by atoms with Crippen LogP contribution in [0.5, 0.6) is 0 Å². The van der Waals surface area contributed by atoms with Gasteiger partial charge in [-0.2, -0.15) is 0 Å². The third kappa shape index (κ3) is 5.10. The lowest BCUT2D eigenvalue weighted by molar-refractivity contribution is 0.608. The standard InChI is InChI=1S/C14H19BrIN/c1-4-7-17-14(8-10(2)3)12-9-11(16)5-6-13(12)15/h5-6,8-9,14,17H,4,7H2,1-3H3. The second-order valence-electron chi connectivity index (χ2n) is 4.34. The number of nitrogens with one attached hydrogen (secondary N) is 1. The highest BCUT2D eigenvalue weighted by Crippen LogP contribution is 2.27. The monoisotopic (exact) mass is 407 g/mol. The van der Waals surface area contributed by atoms with Gasteiger partial charge in [-0.05, 0) is 73.2 Å². The summed E-state index contributed by atoms with van der Waals surface area (Å²) in [4.78, 5) is 0. The lowest BCUT2D eigenvalue weighted by Gasteiger charge is -2.18. The van der Waals surface area contributed by atoms with Gasteiger partial charge in [-0.3, -0.25) is 0 Å². The molecule has 0 aliphatic carbocycles. The lowest BCUT2D eigenvalue weighted by Crippen LogP contribution is -2.21. The summed E-state index contributed by atoms with van der Waals surface area (Å²) in [6, 6.07) is 6.77. The number of rotatable bonds is 5. The van der Waals surface area contributed by atoms with Crippen LogP contribution in [0.25, 0.3) is 0 Å². The molecule has 0 radical (unpaired) electrons. The zero-order valence-electron chi connectivity index (χ0n) is 10.6. The molecule has 3 heteroatoms. The van der Waals surface area contributed by atoms with Gasteiger partial charge in [0.2, 0.25) is 0 Å². The van der Waals surface area contributed by atoms with E-state index in [1.165, 1.54) is 19.2 Å². The molecule has 0 aliphatic heterocycles. The maximum absolute atomic E-state index is 3.64. The maximum Gasteiger partial charge on any atom is 0.0520 e. The van der Waals surface area contributed by atoms with Crippen molar-refractivity contribution in [3.63, 3.8) is 0 Å². The van der Waals surface area contributed by atoms with Gasteiger partial charge in [0.1, 0.15) is 0 Å². The van der Waals surface area contributed by atoms with Gasteiger partial charge in [-0.25, -0.2) is 0 Å². The zero-order chi connectivity index (χ0) is 12.8. The van der Waals surface area contributed by atoms with Crippen molar-refractivity contribution in [1.29, 1.82) is 0 Å². The molecule has 1 aromatic rings. The summed E-state index contributed by atoms with van der Waals surface area (Å²) in [6.07, 6.45) is 3.43. The van der Waals surface area contributed by atoms with E-state index < -0.39 is 0 Å². The summed E-state index contributed by atoms with van der Waals surface area (Å²) >= 11 is 6.00. The molecule has 1 nitrogen and oxygen atoms in total. The first-order valence-corrected chi connectivity index (χ1v) is 7.75. The topological polar surface area (TPSA) is 12.0 Å². The van der Waals surface area contributed by atoms with Crippen molar-refractivity contribution in [2.75, 3.05) is 6.54 Å². The van der Waals surface area contributed by atoms with Crippen LogP contribution in [-0.2, 0) is 0 Å². The van der Waals surface area contributed by atoms with E-state index in [1.807, 2.05) is 0 Å². The minimum Gasteiger partial charge on any atom is -0.307 e. The van der Waals surface area contributed by atoms with Crippen LogP contribution >= 0.6 is 38.5 Å². The minimum absolute atomic E-state index is 0.295. The van der Waals surface area contributed by atoms with Gasteiger partial charge in [0, 0.05) is 8.04 Å². The van der Waals surface area contributed by atoms with E-state index in [4.69, 9.17) is 0 Å². The Balaban J connectivity index is 3.03. The Morgan fingerprint density at radius 3 is 2.76 bits per heavy atom. The van der Waals surface area contributed by atoms with Crippen molar-refractivity contribution in [3.8, 4) is 0 Å². The second kappa shape index (κ2) is 7.54. The largest absolute Gasteiger partial charge is 0.307 e. The summed E-state index contributed by atoms with van der Waals surface area (Å²) in [6.45, 7) is 7.51. The van der Waals surface area contributed by atoms with Crippen LogP contribution < -0.4 is 5.32 Å². The van der Waals surface area contributed by atoms with Crippen molar-refractivity contribution in [2.24, 2.45) is 0 Å². The van der Waals surface area contributed by atoms with Crippen molar-refractivity contribution in [1.82, 2.24) is 5.32 Å². The van der Waals surface area contributed by atoms with E-state index in [9.17, 15) is 0 Å². The Labute approximate surface area is 126 Å². The Bertz CT molecular complexity index is 397. The highest BCUT2D eigenvalue weighted by atomic mass is 127. The molecule has 0 heterocycles. The van der Waals surface area contributed by atoms with E-state index >= 15 is 0 Å². The number of hydrogen-bond acceptors (Lipinski definition) is 1. The van der Waals surface area contributed by atoms with Crippen LogP contribution in [0.15, 0.2) is 34.3 Å². The average molecular weight is 408 g/mol. The molecular weight excluding hydrogens is 389 g/mol. The van der Waals surface area contributed by atoms with Crippen LogP contribution in [0.4, 0.5) is 0 Å². The van der Waals surface area contributed by atoms with E-state index in [0.717, 1.165) is 13.0 Å². The predicted molar refractivity (Wildman–Crippen MR) is 87.3 cm³/mol. The summed E-state index contributed by atoms with van der Waals surface area (Å²) in [5.74, 6) is 0. The number of allylic oxidation sites excluding steroid dienone is 1. The smallest absolute Gasteiger partial charge is 0.0520 e. The van der Waals surface area contributed by atoms with Crippen LogP contribution in [0.1, 0.15) is 38.8 Å². The van der Waals surface area contributed by atoms with Gasteiger partial charge in [0.05, 0.1) is 6.04 Å². The number of hydrogen-bond donors (Lipinski definition) is 1. The van der Waals surface area contributed by atoms with Gasteiger partial charge >= 0.3 is 0 Å². The molecule has 0 fully saturated rings.